The molecule has 0 saturated heterocycles. The number of rotatable bonds is 6. The number of hydrogen-bond acceptors (Lipinski definition) is 3. The van der Waals surface area contributed by atoms with Gasteiger partial charge in [0, 0.05) is 21.8 Å². The molecule has 0 aliphatic rings. The lowest BCUT2D eigenvalue weighted by molar-refractivity contribution is 0.579. The molecule has 0 unspecified atom stereocenters. The Hall–Kier alpha value is -3.01. The number of nitrogens with zero attached hydrogens (tertiary/aromatic N) is 4. The second kappa shape index (κ2) is 10.1. The quantitative estimate of drug-likeness (QED) is 0.297. The molecule has 2 heterocycles. The monoisotopic (exact) mass is 520 g/mol. The van der Waals surface area contributed by atoms with Crippen LogP contribution in [0.2, 0.25) is 10.0 Å². The highest BCUT2D eigenvalue weighted by molar-refractivity contribution is 7.80. The van der Waals surface area contributed by atoms with Crippen LogP contribution < -0.4 is 10.6 Å². The van der Waals surface area contributed by atoms with E-state index in [9.17, 15) is 8.78 Å². The van der Waals surface area contributed by atoms with E-state index in [-0.39, 0.29) is 18.2 Å². The zero-order chi connectivity index (χ0) is 24.4. The molecule has 0 spiro atoms. The molecule has 0 aliphatic heterocycles. The fourth-order valence-electron chi connectivity index (χ4n) is 3.48. The van der Waals surface area contributed by atoms with Gasteiger partial charge < -0.3 is 10.6 Å². The molecule has 0 fully saturated rings. The van der Waals surface area contributed by atoms with Crippen molar-refractivity contribution in [3.8, 4) is 0 Å². The van der Waals surface area contributed by atoms with E-state index < -0.39 is 0 Å². The van der Waals surface area contributed by atoms with Gasteiger partial charge in [0.1, 0.15) is 11.6 Å². The second-order valence-electron chi connectivity index (χ2n) is 7.65. The van der Waals surface area contributed by atoms with Crippen molar-refractivity contribution in [1.29, 1.82) is 0 Å². The third kappa shape index (κ3) is 5.38. The lowest BCUT2D eigenvalue weighted by Crippen LogP contribution is -2.19. The second-order valence-corrected chi connectivity index (χ2v) is 8.87. The molecule has 6 nitrogen and oxygen atoms in total. The van der Waals surface area contributed by atoms with E-state index in [4.69, 9.17) is 35.4 Å². The summed E-state index contributed by atoms with van der Waals surface area (Å²) < 4.78 is 30.8. The van der Waals surface area contributed by atoms with E-state index in [2.05, 4.69) is 20.8 Å². The van der Waals surface area contributed by atoms with Crippen LogP contribution in [0.3, 0.4) is 0 Å². The Morgan fingerprint density at radius 2 is 1.85 bits per heavy atom. The maximum Gasteiger partial charge on any atom is 0.175 e. The molecule has 2 aromatic carbocycles. The van der Waals surface area contributed by atoms with Gasteiger partial charge in [0.15, 0.2) is 5.11 Å². The molecule has 0 amide bonds. The van der Waals surface area contributed by atoms with E-state index in [1.165, 1.54) is 18.2 Å². The van der Waals surface area contributed by atoms with E-state index >= 15 is 0 Å². The Morgan fingerprint density at radius 1 is 1.06 bits per heavy atom. The summed E-state index contributed by atoms with van der Waals surface area (Å²) in [5, 5.41) is 16.0. The standard InChI is InChI=1S/C23H20Cl2F2N6S/c1-13-22(14(2)33(31-13)12-18-19(24)4-3-5-21(18)27)30-23(34)29-17-9-28-32(11-17)10-15-6-7-16(26)8-20(15)25/h3-9,11H,10,12H2,1-2H3,(H2,29,30,34). The summed E-state index contributed by atoms with van der Waals surface area (Å²) >= 11 is 17.7. The predicted molar refractivity (Wildman–Crippen MR) is 135 cm³/mol. The molecule has 176 valence electrons. The first-order valence-electron chi connectivity index (χ1n) is 10.2. The Balaban J connectivity index is 1.43. The normalized spacial score (nSPS) is 11.0. The Kier molecular flexibility index (Phi) is 7.16. The first-order chi connectivity index (χ1) is 16.2. The zero-order valence-electron chi connectivity index (χ0n) is 18.2. The molecule has 0 aliphatic carbocycles. The van der Waals surface area contributed by atoms with Gasteiger partial charge in [-0.2, -0.15) is 10.2 Å². The number of aryl methyl sites for hydroxylation is 1. The average Bonchev–Trinajstić information content (AvgIpc) is 3.32. The van der Waals surface area contributed by atoms with Gasteiger partial charge in [-0.15, -0.1) is 0 Å². The summed E-state index contributed by atoms with van der Waals surface area (Å²) in [6, 6.07) is 8.83. The molecule has 11 heteroatoms. The topological polar surface area (TPSA) is 59.7 Å². The van der Waals surface area contributed by atoms with E-state index in [1.54, 1.807) is 40.0 Å². The van der Waals surface area contributed by atoms with Crippen molar-refractivity contribution < 1.29 is 8.78 Å². The average molecular weight is 521 g/mol. The SMILES string of the molecule is Cc1nn(Cc2c(F)cccc2Cl)c(C)c1NC(=S)Nc1cnn(Cc2ccc(F)cc2Cl)c1. The highest BCUT2D eigenvalue weighted by Crippen LogP contribution is 2.25. The molecule has 2 N–H and O–H groups in total. The molecular weight excluding hydrogens is 501 g/mol. The van der Waals surface area contributed by atoms with Gasteiger partial charge in [-0.05, 0) is 55.9 Å². The molecule has 0 bridgehead atoms. The molecule has 0 saturated carbocycles. The van der Waals surface area contributed by atoms with Crippen molar-refractivity contribution in [2.45, 2.75) is 26.9 Å². The molecule has 34 heavy (non-hydrogen) atoms. The summed E-state index contributed by atoms with van der Waals surface area (Å²) in [6.07, 6.45) is 3.38. The number of halogens is 4. The van der Waals surface area contributed by atoms with Gasteiger partial charge in [-0.3, -0.25) is 9.36 Å². The number of thiocarbonyl (C=S) groups is 1. The van der Waals surface area contributed by atoms with Gasteiger partial charge >= 0.3 is 0 Å². The minimum Gasteiger partial charge on any atom is -0.330 e. The van der Waals surface area contributed by atoms with Crippen molar-refractivity contribution >= 4 is 51.9 Å². The smallest absolute Gasteiger partial charge is 0.175 e. The van der Waals surface area contributed by atoms with Crippen molar-refractivity contribution in [2.24, 2.45) is 0 Å². The van der Waals surface area contributed by atoms with E-state index in [0.717, 1.165) is 16.9 Å². The number of hydrogen-bond donors (Lipinski definition) is 2. The van der Waals surface area contributed by atoms with Gasteiger partial charge in [-0.1, -0.05) is 35.3 Å². The molecular formula is C23H20Cl2F2N6S. The number of anilines is 2. The van der Waals surface area contributed by atoms with Crippen LogP contribution in [0.5, 0.6) is 0 Å². The number of benzene rings is 2. The van der Waals surface area contributed by atoms with Crippen molar-refractivity contribution in [1.82, 2.24) is 19.6 Å². The maximum atomic E-state index is 14.2. The van der Waals surface area contributed by atoms with Crippen LogP contribution in [0.15, 0.2) is 48.8 Å². The van der Waals surface area contributed by atoms with Crippen molar-refractivity contribution in [3.05, 3.63) is 93.0 Å². The van der Waals surface area contributed by atoms with Gasteiger partial charge in [0.2, 0.25) is 0 Å². The summed E-state index contributed by atoms with van der Waals surface area (Å²) in [5.74, 6) is -0.774. The first kappa shape index (κ1) is 24.1. The van der Waals surface area contributed by atoms with Crippen LogP contribution in [0.4, 0.5) is 20.2 Å². The Morgan fingerprint density at radius 3 is 2.59 bits per heavy atom. The van der Waals surface area contributed by atoms with Crippen molar-refractivity contribution in [2.75, 3.05) is 10.6 Å². The van der Waals surface area contributed by atoms with Crippen LogP contribution in [-0.4, -0.2) is 24.7 Å². The zero-order valence-corrected chi connectivity index (χ0v) is 20.6. The molecule has 4 aromatic rings. The van der Waals surface area contributed by atoms with E-state index in [0.29, 0.717) is 38.6 Å². The van der Waals surface area contributed by atoms with E-state index in [1.807, 2.05) is 13.8 Å². The highest BCUT2D eigenvalue weighted by atomic mass is 35.5. The van der Waals surface area contributed by atoms with Crippen LogP contribution in [0, 0.1) is 25.5 Å². The summed E-state index contributed by atoms with van der Waals surface area (Å²) in [4.78, 5) is 0. The fraction of sp³-hybridized carbons (Fsp3) is 0.174. The molecule has 0 radical (unpaired) electrons. The Bertz CT molecular complexity index is 1350. The first-order valence-corrected chi connectivity index (χ1v) is 11.4. The fourth-order valence-corrected chi connectivity index (χ4v) is 4.15. The van der Waals surface area contributed by atoms with Gasteiger partial charge in [0.25, 0.3) is 0 Å². The third-order valence-electron chi connectivity index (χ3n) is 5.23. The number of aromatic nitrogens is 4. The molecule has 2 aromatic heterocycles. The minimum absolute atomic E-state index is 0.193. The predicted octanol–water partition coefficient (Wildman–Crippen LogP) is 6.19. The number of nitrogens with one attached hydrogen (secondary N) is 2. The highest BCUT2D eigenvalue weighted by Gasteiger charge is 2.16. The molecule has 0 atom stereocenters. The summed E-state index contributed by atoms with van der Waals surface area (Å²) in [7, 11) is 0. The maximum absolute atomic E-state index is 14.2. The van der Waals surface area contributed by atoms with Crippen molar-refractivity contribution in [3.63, 3.8) is 0 Å². The lowest BCUT2D eigenvalue weighted by Gasteiger charge is -2.11. The van der Waals surface area contributed by atoms with Crippen LogP contribution in [0.25, 0.3) is 0 Å². The lowest BCUT2D eigenvalue weighted by atomic mass is 10.2. The van der Waals surface area contributed by atoms with Crippen LogP contribution >= 0.6 is 35.4 Å². The van der Waals surface area contributed by atoms with Crippen LogP contribution in [0.1, 0.15) is 22.5 Å². The van der Waals surface area contributed by atoms with Crippen LogP contribution in [-0.2, 0) is 13.1 Å². The largest absolute Gasteiger partial charge is 0.330 e. The molecule has 4 rings (SSSR count). The summed E-state index contributed by atoms with van der Waals surface area (Å²) in [5.41, 5.74) is 3.98. The third-order valence-corrected chi connectivity index (χ3v) is 6.14. The Labute approximate surface area is 210 Å². The summed E-state index contributed by atoms with van der Waals surface area (Å²) in [6.45, 7) is 4.27. The van der Waals surface area contributed by atoms with Gasteiger partial charge in [0.05, 0.1) is 42.0 Å². The van der Waals surface area contributed by atoms with Gasteiger partial charge in [-0.25, -0.2) is 8.78 Å². The minimum atomic E-state index is -0.390.